The number of aliphatic hydroxyl groups excluding tert-OH is 1. The van der Waals surface area contributed by atoms with Gasteiger partial charge in [-0.05, 0) is 43.9 Å². The summed E-state index contributed by atoms with van der Waals surface area (Å²) in [5.41, 5.74) is 0.945. The average molecular weight is 285 g/mol. The van der Waals surface area contributed by atoms with Gasteiger partial charge in [-0.25, -0.2) is 4.98 Å². The van der Waals surface area contributed by atoms with Gasteiger partial charge in [0.05, 0.1) is 18.5 Å². The molecule has 1 heterocycles. The van der Waals surface area contributed by atoms with Crippen molar-refractivity contribution in [1.29, 1.82) is 0 Å². The van der Waals surface area contributed by atoms with Crippen LogP contribution in [-0.4, -0.2) is 32.7 Å². The van der Waals surface area contributed by atoms with Crippen LogP contribution >= 0.6 is 0 Å². The van der Waals surface area contributed by atoms with Gasteiger partial charge < -0.3 is 15.0 Å². The van der Waals surface area contributed by atoms with Gasteiger partial charge in [0, 0.05) is 23.6 Å². The Balaban J connectivity index is 1.80. The molecule has 3 rings (SSSR count). The van der Waals surface area contributed by atoms with Gasteiger partial charge in [-0.15, -0.1) is 0 Å². The second-order valence-electron chi connectivity index (χ2n) is 5.82. The Hall–Kier alpha value is -2.14. The van der Waals surface area contributed by atoms with E-state index in [1.807, 2.05) is 35.9 Å². The number of amides is 1. The molecule has 110 valence electrons. The van der Waals surface area contributed by atoms with Crippen molar-refractivity contribution < 1.29 is 9.90 Å². The van der Waals surface area contributed by atoms with Gasteiger partial charge in [0.25, 0.3) is 5.91 Å². The zero-order chi connectivity index (χ0) is 14.9. The number of imidazole rings is 1. The number of hydrogen-bond acceptors (Lipinski definition) is 3. The van der Waals surface area contributed by atoms with Crippen molar-refractivity contribution in [3.8, 4) is 5.69 Å². The first kappa shape index (κ1) is 13.8. The number of aromatic nitrogens is 2. The van der Waals surface area contributed by atoms with Crippen LogP contribution in [0.4, 0.5) is 0 Å². The van der Waals surface area contributed by atoms with Gasteiger partial charge in [-0.3, -0.25) is 4.79 Å². The molecule has 2 N–H and O–H groups in total. The highest BCUT2D eigenvalue weighted by molar-refractivity contribution is 5.95. The molecule has 0 radical (unpaired) electrons. The lowest BCUT2D eigenvalue weighted by molar-refractivity contribution is 0.0824. The topological polar surface area (TPSA) is 67.2 Å². The molecule has 1 aliphatic rings. The van der Waals surface area contributed by atoms with Crippen molar-refractivity contribution in [2.75, 3.05) is 6.61 Å². The highest BCUT2D eigenvalue weighted by Crippen LogP contribution is 2.39. The minimum Gasteiger partial charge on any atom is -0.394 e. The van der Waals surface area contributed by atoms with Crippen molar-refractivity contribution in [1.82, 2.24) is 14.9 Å². The maximum Gasteiger partial charge on any atom is 0.251 e. The molecule has 0 saturated heterocycles. The molecule has 1 atom stereocenters. The summed E-state index contributed by atoms with van der Waals surface area (Å²) in [6, 6.07) is 7.37. The standard InChI is InChI=1S/C16H19N3O2/c1-16(10-20,13-5-6-13)18-15(21)12-3-2-4-14(9-12)19-8-7-17-11-19/h2-4,7-9,11,13,20H,5-6,10H2,1H3,(H,18,21). The van der Waals surface area contributed by atoms with E-state index in [-0.39, 0.29) is 12.5 Å². The SMILES string of the molecule is CC(CO)(NC(=O)c1cccc(-n2ccnc2)c1)C1CC1. The highest BCUT2D eigenvalue weighted by atomic mass is 16.3. The number of carbonyl (C=O) groups excluding carboxylic acids is 1. The third-order valence-corrected chi connectivity index (χ3v) is 4.12. The lowest BCUT2D eigenvalue weighted by Crippen LogP contribution is -2.50. The zero-order valence-electron chi connectivity index (χ0n) is 12.0. The summed E-state index contributed by atoms with van der Waals surface area (Å²) in [6.07, 6.45) is 7.35. The Labute approximate surface area is 123 Å². The fraction of sp³-hybridized carbons (Fsp3) is 0.375. The zero-order valence-corrected chi connectivity index (χ0v) is 12.0. The molecule has 1 aliphatic carbocycles. The van der Waals surface area contributed by atoms with Crippen LogP contribution < -0.4 is 5.32 Å². The van der Waals surface area contributed by atoms with E-state index >= 15 is 0 Å². The summed E-state index contributed by atoms with van der Waals surface area (Å²) in [7, 11) is 0. The van der Waals surface area contributed by atoms with Gasteiger partial charge >= 0.3 is 0 Å². The Bertz CT molecular complexity index is 635. The second kappa shape index (κ2) is 5.33. The second-order valence-corrected chi connectivity index (χ2v) is 5.82. The van der Waals surface area contributed by atoms with E-state index in [2.05, 4.69) is 10.3 Å². The smallest absolute Gasteiger partial charge is 0.251 e. The quantitative estimate of drug-likeness (QED) is 0.879. The molecule has 2 aromatic rings. The van der Waals surface area contributed by atoms with Crippen LogP contribution in [0.2, 0.25) is 0 Å². The van der Waals surface area contributed by atoms with Crippen molar-refractivity contribution in [3.05, 3.63) is 48.5 Å². The fourth-order valence-corrected chi connectivity index (χ4v) is 2.54. The molecule has 1 aromatic heterocycles. The third kappa shape index (κ3) is 2.83. The lowest BCUT2D eigenvalue weighted by Gasteiger charge is -2.28. The maximum absolute atomic E-state index is 12.4. The predicted octanol–water partition coefficient (Wildman–Crippen LogP) is 1.76. The van der Waals surface area contributed by atoms with Crippen LogP contribution in [0, 0.1) is 5.92 Å². The van der Waals surface area contributed by atoms with E-state index in [9.17, 15) is 9.90 Å². The van der Waals surface area contributed by atoms with Gasteiger partial charge in [-0.1, -0.05) is 6.07 Å². The Morgan fingerprint density at radius 2 is 2.33 bits per heavy atom. The predicted molar refractivity (Wildman–Crippen MR) is 79.2 cm³/mol. The monoisotopic (exact) mass is 285 g/mol. The Morgan fingerprint density at radius 1 is 1.52 bits per heavy atom. The van der Waals surface area contributed by atoms with Crippen LogP contribution in [-0.2, 0) is 0 Å². The van der Waals surface area contributed by atoms with Crippen molar-refractivity contribution in [2.24, 2.45) is 5.92 Å². The molecule has 1 aromatic carbocycles. The van der Waals surface area contributed by atoms with Crippen LogP contribution in [0.5, 0.6) is 0 Å². The van der Waals surface area contributed by atoms with Gasteiger partial charge in [0.2, 0.25) is 0 Å². The summed E-state index contributed by atoms with van der Waals surface area (Å²) in [4.78, 5) is 16.4. The van der Waals surface area contributed by atoms with E-state index in [4.69, 9.17) is 0 Å². The van der Waals surface area contributed by atoms with Gasteiger partial charge in [0.15, 0.2) is 0 Å². The molecule has 5 heteroatoms. The molecule has 1 fully saturated rings. The molecular formula is C16H19N3O2. The average Bonchev–Trinajstić information content (AvgIpc) is 3.23. The molecule has 0 aliphatic heterocycles. The number of carbonyl (C=O) groups is 1. The molecule has 21 heavy (non-hydrogen) atoms. The molecule has 1 saturated carbocycles. The molecule has 0 spiro atoms. The summed E-state index contributed by atoms with van der Waals surface area (Å²) >= 11 is 0. The summed E-state index contributed by atoms with van der Waals surface area (Å²) in [6.45, 7) is 1.87. The molecular weight excluding hydrogens is 266 g/mol. The number of nitrogens with zero attached hydrogens (tertiary/aromatic N) is 2. The van der Waals surface area contributed by atoms with E-state index in [1.165, 1.54) is 0 Å². The number of rotatable bonds is 5. The van der Waals surface area contributed by atoms with Crippen molar-refractivity contribution in [3.63, 3.8) is 0 Å². The first-order valence-corrected chi connectivity index (χ1v) is 7.14. The van der Waals surface area contributed by atoms with E-state index in [0.29, 0.717) is 11.5 Å². The highest BCUT2D eigenvalue weighted by Gasteiger charge is 2.42. The first-order valence-electron chi connectivity index (χ1n) is 7.14. The van der Waals surface area contributed by atoms with Crippen LogP contribution in [0.25, 0.3) is 5.69 Å². The number of aliphatic hydroxyl groups is 1. The van der Waals surface area contributed by atoms with Crippen LogP contribution in [0.1, 0.15) is 30.1 Å². The Kier molecular flexibility index (Phi) is 3.51. The summed E-state index contributed by atoms with van der Waals surface area (Å²) < 4.78 is 1.85. The van der Waals surface area contributed by atoms with E-state index in [1.54, 1.807) is 18.6 Å². The summed E-state index contributed by atoms with van der Waals surface area (Å²) in [5.74, 6) is 0.226. The number of nitrogens with one attached hydrogen (secondary N) is 1. The minimum atomic E-state index is -0.526. The lowest BCUT2D eigenvalue weighted by atomic mass is 9.96. The largest absolute Gasteiger partial charge is 0.394 e. The maximum atomic E-state index is 12.4. The number of hydrogen-bond donors (Lipinski definition) is 2. The number of benzene rings is 1. The van der Waals surface area contributed by atoms with Crippen LogP contribution in [0.15, 0.2) is 43.0 Å². The normalized spacial score (nSPS) is 17.2. The molecule has 1 amide bonds. The van der Waals surface area contributed by atoms with E-state index in [0.717, 1.165) is 18.5 Å². The Morgan fingerprint density at radius 3 is 2.95 bits per heavy atom. The van der Waals surface area contributed by atoms with E-state index < -0.39 is 5.54 Å². The summed E-state index contributed by atoms with van der Waals surface area (Å²) in [5, 5.41) is 12.5. The van der Waals surface area contributed by atoms with Crippen molar-refractivity contribution >= 4 is 5.91 Å². The molecule has 5 nitrogen and oxygen atoms in total. The van der Waals surface area contributed by atoms with Crippen LogP contribution in [0.3, 0.4) is 0 Å². The van der Waals surface area contributed by atoms with Crippen molar-refractivity contribution in [2.45, 2.75) is 25.3 Å². The molecule has 0 bridgehead atoms. The first-order chi connectivity index (χ1) is 10.1. The molecule has 1 unspecified atom stereocenters. The minimum absolute atomic E-state index is 0.0371. The third-order valence-electron chi connectivity index (χ3n) is 4.12. The fourth-order valence-electron chi connectivity index (χ4n) is 2.54. The van der Waals surface area contributed by atoms with Gasteiger partial charge in [0.1, 0.15) is 0 Å². The van der Waals surface area contributed by atoms with Gasteiger partial charge in [-0.2, -0.15) is 0 Å².